The van der Waals surface area contributed by atoms with Crippen LogP contribution in [0, 0.1) is 0 Å². The molecule has 0 amide bonds. The van der Waals surface area contributed by atoms with E-state index in [1.807, 2.05) is 12.1 Å². The van der Waals surface area contributed by atoms with E-state index in [0.717, 1.165) is 116 Å². The third-order valence-electron chi connectivity index (χ3n) is 13.6. The lowest BCUT2D eigenvalue weighted by atomic mass is 9.98. The second-order valence-corrected chi connectivity index (χ2v) is 17.5. The molecule has 0 unspecified atom stereocenters. The molecule has 322 valence electrons. The van der Waals surface area contributed by atoms with Crippen molar-refractivity contribution in [3.8, 4) is 67.8 Å². The molecule has 0 atom stereocenters. The van der Waals surface area contributed by atoms with Gasteiger partial charge in [0, 0.05) is 49.0 Å². The maximum Gasteiger partial charge on any atom is 0.238 e. The Bertz CT molecular complexity index is 4200. The molecule has 4 aromatic heterocycles. The fourth-order valence-corrected chi connectivity index (χ4v) is 10.6. The van der Waals surface area contributed by atoms with E-state index < -0.39 is 0 Å². The van der Waals surface area contributed by atoms with Crippen molar-refractivity contribution in [2.45, 2.75) is 0 Å². The van der Waals surface area contributed by atoms with Crippen LogP contribution in [-0.2, 0) is 0 Å². The van der Waals surface area contributed by atoms with Crippen LogP contribution in [-0.4, -0.2) is 24.1 Å². The molecule has 0 fully saturated rings. The maximum absolute atomic E-state index is 7.48. The van der Waals surface area contributed by atoms with Gasteiger partial charge in [0.1, 0.15) is 5.52 Å². The summed E-state index contributed by atoms with van der Waals surface area (Å²) in [5, 5.41) is 6.44. The summed E-state index contributed by atoms with van der Waals surface area (Å²) < 4.78 is 12.1. The van der Waals surface area contributed by atoms with Gasteiger partial charge in [-0.1, -0.05) is 206 Å². The average Bonchev–Trinajstić information content (AvgIpc) is 4.10. The first kappa shape index (κ1) is 38.8. The monoisotopic (exact) mass is 881 g/mol. The predicted molar refractivity (Wildman–Crippen MR) is 283 cm³/mol. The molecule has 0 spiro atoms. The molecule has 0 radical (unpaired) electrons. The smallest absolute Gasteiger partial charge is 0.238 e. The lowest BCUT2D eigenvalue weighted by Crippen LogP contribution is -2.07. The topological polar surface area (TPSA) is 61.7 Å². The second-order valence-electron chi connectivity index (χ2n) is 17.5. The van der Waals surface area contributed by atoms with Crippen molar-refractivity contribution in [2.75, 3.05) is 0 Å². The molecule has 10 aromatic carbocycles. The molecule has 0 aliphatic heterocycles. The van der Waals surface area contributed by atoms with Gasteiger partial charge in [0.05, 0.1) is 22.2 Å². The Morgan fingerprint density at radius 1 is 0.275 bits per heavy atom. The molecule has 0 saturated heterocycles. The minimum absolute atomic E-state index is 0.496. The first-order valence-electron chi connectivity index (χ1n) is 23.3. The van der Waals surface area contributed by atoms with Crippen LogP contribution in [0.25, 0.3) is 133 Å². The molecule has 6 heteroatoms. The van der Waals surface area contributed by atoms with Crippen molar-refractivity contribution < 1.29 is 4.42 Å². The molecule has 14 aromatic rings. The van der Waals surface area contributed by atoms with Gasteiger partial charge in [0.25, 0.3) is 0 Å². The normalized spacial score (nSPS) is 11.8. The highest BCUT2D eigenvalue weighted by Crippen LogP contribution is 2.45. The molecule has 0 saturated carbocycles. The molecule has 0 bridgehead atoms. The summed E-state index contributed by atoms with van der Waals surface area (Å²) in [6.07, 6.45) is 0. The third-order valence-corrected chi connectivity index (χ3v) is 13.6. The molecular formula is C63H39N5O. The van der Waals surface area contributed by atoms with Gasteiger partial charge in [0.2, 0.25) is 5.95 Å². The van der Waals surface area contributed by atoms with Crippen LogP contribution in [0.2, 0.25) is 0 Å². The minimum atomic E-state index is 0.496. The zero-order valence-corrected chi connectivity index (χ0v) is 37.2. The summed E-state index contributed by atoms with van der Waals surface area (Å²) in [5.74, 6) is 1.64. The van der Waals surface area contributed by atoms with E-state index in [1.165, 1.54) is 0 Å². The van der Waals surface area contributed by atoms with Crippen LogP contribution in [0.4, 0.5) is 0 Å². The van der Waals surface area contributed by atoms with E-state index in [2.05, 4.69) is 234 Å². The number of rotatable bonds is 7. The maximum atomic E-state index is 7.48. The summed E-state index contributed by atoms with van der Waals surface area (Å²) >= 11 is 0. The molecule has 14 rings (SSSR count). The van der Waals surface area contributed by atoms with Crippen LogP contribution < -0.4 is 0 Å². The van der Waals surface area contributed by atoms with Gasteiger partial charge in [-0.15, -0.1) is 0 Å². The van der Waals surface area contributed by atoms with Crippen molar-refractivity contribution in [1.82, 2.24) is 24.1 Å². The van der Waals surface area contributed by atoms with E-state index in [9.17, 15) is 0 Å². The third kappa shape index (κ3) is 6.09. The predicted octanol–water partition coefficient (Wildman–Crippen LogP) is 16.3. The van der Waals surface area contributed by atoms with Crippen molar-refractivity contribution in [1.29, 1.82) is 0 Å². The lowest BCUT2D eigenvalue weighted by molar-refractivity contribution is 0.673. The lowest BCUT2D eigenvalue weighted by Gasteiger charge is -2.15. The number of para-hydroxylation sites is 3. The zero-order chi connectivity index (χ0) is 45.4. The Labute approximate surface area is 396 Å². The van der Waals surface area contributed by atoms with Gasteiger partial charge in [-0.25, -0.2) is 4.98 Å². The number of benzene rings is 10. The number of fused-ring (bicyclic) bond motifs is 11. The van der Waals surface area contributed by atoms with E-state index in [-0.39, 0.29) is 0 Å². The molecular weight excluding hydrogens is 843 g/mol. The highest BCUT2D eigenvalue weighted by Gasteiger charge is 2.26. The van der Waals surface area contributed by atoms with Gasteiger partial charge in [-0.2, -0.15) is 9.97 Å². The highest BCUT2D eigenvalue weighted by atomic mass is 16.3. The van der Waals surface area contributed by atoms with Crippen molar-refractivity contribution in [3.05, 3.63) is 237 Å². The van der Waals surface area contributed by atoms with Crippen LogP contribution in [0.5, 0.6) is 0 Å². The fraction of sp³-hybridized carbons (Fsp3) is 0. The number of nitrogens with zero attached hydrogens (tertiary/aromatic N) is 5. The van der Waals surface area contributed by atoms with E-state index >= 15 is 0 Å². The standard InChI is InChI=1S/C63H39N5O/c1-4-20-40(21-5-1)43-26-10-12-31-52(43)61-64-62(53-32-13-11-27-44(53)41-22-6-2-7-23-41)66-63(65-61)68-56-35-19-16-30-47(56)49-37-39-51-50-38-36-48-46-29-15-18-34-55(46)67(57(48)59(50)69-60(51)58(49)68)54-33-17-14-28-45(54)42-24-8-3-9-25-42/h1-39H. The van der Waals surface area contributed by atoms with Crippen molar-refractivity contribution in [2.24, 2.45) is 0 Å². The van der Waals surface area contributed by atoms with Crippen molar-refractivity contribution in [3.63, 3.8) is 0 Å². The Hall–Kier alpha value is -9.39. The Kier molecular flexibility index (Phi) is 8.79. The van der Waals surface area contributed by atoms with Gasteiger partial charge < -0.3 is 8.98 Å². The summed E-state index contributed by atoms with van der Waals surface area (Å²) in [7, 11) is 0. The number of hydrogen-bond donors (Lipinski definition) is 0. The quantitative estimate of drug-likeness (QED) is 0.160. The van der Waals surface area contributed by atoms with E-state index in [0.29, 0.717) is 17.6 Å². The van der Waals surface area contributed by atoms with Crippen LogP contribution in [0.3, 0.4) is 0 Å². The zero-order valence-electron chi connectivity index (χ0n) is 37.2. The minimum Gasteiger partial charge on any atom is -0.452 e. The largest absolute Gasteiger partial charge is 0.452 e. The van der Waals surface area contributed by atoms with Crippen LogP contribution >= 0.6 is 0 Å². The van der Waals surface area contributed by atoms with E-state index in [4.69, 9.17) is 19.4 Å². The summed E-state index contributed by atoms with van der Waals surface area (Å²) in [4.78, 5) is 16.3. The molecule has 69 heavy (non-hydrogen) atoms. The first-order valence-corrected chi connectivity index (χ1v) is 23.3. The first-order chi connectivity index (χ1) is 34.3. The molecule has 0 aliphatic carbocycles. The summed E-state index contributed by atoms with van der Waals surface area (Å²) in [5.41, 5.74) is 15.0. The van der Waals surface area contributed by atoms with Gasteiger partial charge in [-0.05, 0) is 58.1 Å². The second kappa shape index (κ2) is 15.6. The van der Waals surface area contributed by atoms with Gasteiger partial charge in [-0.3, -0.25) is 4.57 Å². The SMILES string of the molecule is c1ccc(-c2ccccc2-c2nc(-c3ccccc3-c3ccccc3)nc(-n3c4ccccc4c4ccc5c6ccc7c8ccccc8n(-c8ccccc8-c8ccccc8)c7c6oc5c43)n2)cc1. The summed E-state index contributed by atoms with van der Waals surface area (Å²) in [6, 6.07) is 83.0. The van der Waals surface area contributed by atoms with Crippen molar-refractivity contribution >= 4 is 65.6 Å². The van der Waals surface area contributed by atoms with Crippen LogP contribution in [0.1, 0.15) is 0 Å². The number of hydrogen-bond acceptors (Lipinski definition) is 4. The Balaban J connectivity index is 1.09. The van der Waals surface area contributed by atoms with E-state index in [1.54, 1.807) is 0 Å². The highest BCUT2D eigenvalue weighted by molar-refractivity contribution is 6.26. The molecule has 6 nitrogen and oxygen atoms in total. The average molecular weight is 882 g/mol. The molecule has 4 heterocycles. The molecule has 0 aliphatic rings. The molecule has 0 N–H and O–H groups in total. The number of furan rings is 1. The summed E-state index contributed by atoms with van der Waals surface area (Å²) in [6.45, 7) is 0. The fourth-order valence-electron chi connectivity index (χ4n) is 10.6. The van der Waals surface area contributed by atoms with Gasteiger partial charge >= 0.3 is 0 Å². The Morgan fingerprint density at radius 3 is 1.17 bits per heavy atom. The number of aromatic nitrogens is 5. The van der Waals surface area contributed by atoms with Crippen LogP contribution in [0.15, 0.2) is 241 Å². The van der Waals surface area contributed by atoms with Gasteiger partial charge in [0.15, 0.2) is 22.8 Å². The Morgan fingerprint density at radius 2 is 0.652 bits per heavy atom.